The number of hydrogen-bond donors (Lipinski definition) is 1. The van der Waals surface area contributed by atoms with Gasteiger partial charge in [-0.05, 0) is 31.0 Å². The summed E-state index contributed by atoms with van der Waals surface area (Å²) < 4.78 is 6.45. The summed E-state index contributed by atoms with van der Waals surface area (Å²) in [7, 11) is 0. The molecule has 0 spiro atoms. The van der Waals surface area contributed by atoms with Gasteiger partial charge in [-0.1, -0.05) is 46.3 Å². The molecular weight excluding hydrogens is 410 g/mol. The Labute approximate surface area is 165 Å². The van der Waals surface area contributed by atoms with Gasteiger partial charge in [-0.3, -0.25) is 4.79 Å². The first kappa shape index (κ1) is 18.0. The molecule has 0 bridgehead atoms. The number of benzene rings is 2. The number of para-hydroxylation sites is 1. The first-order valence-electron chi connectivity index (χ1n) is 8.81. The summed E-state index contributed by atoms with van der Waals surface area (Å²) in [6.07, 6.45) is 2.38. The molecule has 0 aliphatic carbocycles. The minimum absolute atomic E-state index is 0.273. The molecule has 7 heteroatoms. The van der Waals surface area contributed by atoms with Crippen LogP contribution < -0.4 is 5.48 Å². The van der Waals surface area contributed by atoms with E-state index >= 15 is 0 Å². The van der Waals surface area contributed by atoms with E-state index in [1.54, 1.807) is 0 Å². The van der Waals surface area contributed by atoms with Gasteiger partial charge in [-0.2, -0.15) is 0 Å². The van der Waals surface area contributed by atoms with Gasteiger partial charge in [-0.15, -0.1) is 0 Å². The van der Waals surface area contributed by atoms with Crippen molar-refractivity contribution in [3.8, 4) is 11.4 Å². The zero-order valence-electron chi connectivity index (χ0n) is 14.5. The first-order chi connectivity index (χ1) is 13.2. The fourth-order valence-corrected chi connectivity index (χ4v) is 3.21. The lowest BCUT2D eigenvalue weighted by Crippen LogP contribution is -2.33. The molecule has 1 aliphatic rings. The number of carbonyl (C=O) groups excluding carboxylic acids is 1. The number of ether oxygens (including phenoxy) is 1. The lowest BCUT2D eigenvalue weighted by atomic mass is 10.1. The van der Waals surface area contributed by atoms with Crippen molar-refractivity contribution in [3.63, 3.8) is 0 Å². The highest BCUT2D eigenvalue weighted by molar-refractivity contribution is 9.10. The van der Waals surface area contributed by atoms with Crippen LogP contribution in [-0.2, 0) is 9.57 Å². The number of fused-ring (bicyclic) bond motifs is 1. The second-order valence-electron chi connectivity index (χ2n) is 6.27. The average Bonchev–Trinajstić information content (AvgIpc) is 2.72. The van der Waals surface area contributed by atoms with Crippen molar-refractivity contribution in [2.45, 2.75) is 25.6 Å². The van der Waals surface area contributed by atoms with Crippen LogP contribution >= 0.6 is 15.9 Å². The van der Waals surface area contributed by atoms with Crippen LogP contribution in [-0.4, -0.2) is 28.8 Å². The van der Waals surface area contributed by atoms with Gasteiger partial charge in [0, 0.05) is 28.5 Å². The molecule has 1 aromatic heterocycles. The fourth-order valence-electron chi connectivity index (χ4n) is 2.95. The summed E-state index contributed by atoms with van der Waals surface area (Å²) in [5.74, 6) is 0.0707. The van der Waals surface area contributed by atoms with Crippen LogP contribution in [0.15, 0.2) is 53.0 Å². The third-order valence-corrected chi connectivity index (χ3v) is 4.87. The Morgan fingerprint density at radius 1 is 1.11 bits per heavy atom. The van der Waals surface area contributed by atoms with Crippen molar-refractivity contribution in [2.75, 3.05) is 6.61 Å². The van der Waals surface area contributed by atoms with Gasteiger partial charge < -0.3 is 4.74 Å². The zero-order chi connectivity index (χ0) is 18.6. The number of halogens is 1. The maximum atomic E-state index is 12.7. The van der Waals surface area contributed by atoms with E-state index in [1.807, 2.05) is 48.5 Å². The predicted molar refractivity (Wildman–Crippen MR) is 105 cm³/mol. The van der Waals surface area contributed by atoms with E-state index in [-0.39, 0.29) is 5.69 Å². The molecule has 6 nitrogen and oxygen atoms in total. The molecule has 2 aromatic carbocycles. The number of rotatable bonds is 4. The molecule has 1 N–H and O–H groups in total. The third-order valence-electron chi connectivity index (χ3n) is 4.34. The summed E-state index contributed by atoms with van der Waals surface area (Å²) in [5.41, 5.74) is 4.29. The van der Waals surface area contributed by atoms with Crippen LogP contribution in [0.2, 0.25) is 0 Å². The van der Waals surface area contributed by atoms with Crippen molar-refractivity contribution in [2.24, 2.45) is 0 Å². The Morgan fingerprint density at radius 3 is 2.70 bits per heavy atom. The summed E-state index contributed by atoms with van der Waals surface area (Å²) in [4.78, 5) is 27.3. The Bertz CT molecular complexity index is 956. The monoisotopic (exact) mass is 427 g/mol. The summed E-state index contributed by atoms with van der Waals surface area (Å²) >= 11 is 3.42. The highest BCUT2D eigenvalue weighted by Crippen LogP contribution is 2.23. The summed E-state index contributed by atoms with van der Waals surface area (Å²) in [6, 6.07) is 15.1. The van der Waals surface area contributed by atoms with E-state index in [1.165, 1.54) is 0 Å². The van der Waals surface area contributed by atoms with E-state index in [2.05, 4.69) is 31.4 Å². The molecule has 1 atom stereocenters. The van der Waals surface area contributed by atoms with Gasteiger partial charge in [0.2, 0.25) is 0 Å². The molecule has 27 heavy (non-hydrogen) atoms. The number of carbonyl (C=O) groups is 1. The maximum absolute atomic E-state index is 12.7. The molecule has 0 saturated carbocycles. The van der Waals surface area contributed by atoms with Crippen molar-refractivity contribution >= 4 is 32.7 Å². The van der Waals surface area contributed by atoms with Crippen LogP contribution in [0, 0.1) is 0 Å². The van der Waals surface area contributed by atoms with Crippen molar-refractivity contribution < 1.29 is 14.4 Å². The highest BCUT2D eigenvalue weighted by Gasteiger charge is 2.19. The number of hydroxylamine groups is 1. The van der Waals surface area contributed by atoms with Crippen LogP contribution in [0.3, 0.4) is 0 Å². The lowest BCUT2D eigenvalue weighted by Gasteiger charge is -2.22. The molecule has 1 unspecified atom stereocenters. The van der Waals surface area contributed by atoms with E-state index in [0.717, 1.165) is 29.3 Å². The molecule has 138 valence electrons. The van der Waals surface area contributed by atoms with Gasteiger partial charge in [0.25, 0.3) is 5.91 Å². The normalized spacial score (nSPS) is 17.0. The molecule has 1 aliphatic heterocycles. The highest BCUT2D eigenvalue weighted by atomic mass is 79.9. The van der Waals surface area contributed by atoms with Crippen LogP contribution in [0.25, 0.3) is 22.3 Å². The van der Waals surface area contributed by atoms with E-state index < -0.39 is 12.2 Å². The number of aromatic nitrogens is 2. The molecule has 1 amide bonds. The Balaban J connectivity index is 1.65. The van der Waals surface area contributed by atoms with Crippen molar-refractivity contribution in [1.29, 1.82) is 0 Å². The van der Waals surface area contributed by atoms with E-state index in [4.69, 9.17) is 9.57 Å². The largest absolute Gasteiger partial charge is 0.350 e. The molecule has 1 saturated heterocycles. The second-order valence-corrected chi connectivity index (χ2v) is 7.18. The summed E-state index contributed by atoms with van der Waals surface area (Å²) in [6.45, 7) is 0.644. The SMILES string of the molecule is O=C(NOC1CCCCO1)c1nc(-c2ccc(Br)cc2)nc2ccccc12. The molecule has 0 radical (unpaired) electrons. The molecule has 3 aromatic rings. The Morgan fingerprint density at radius 2 is 1.93 bits per heavy atom. The van der Waals surface area contributed by atoms with E-state index in [9.17, 15) is 4.79 Å². The number of nitrogens with zero attached hydrogens (tertiary/aromatic N) is 2. The second kappa shape index (κ2) is 8.12. The average molecular weight is 428 g/mol. The number of amides is 1. The molecule has 4 rings (SSSR count). The van der Waals surface area contributed by atoms with Gasteiger partial charge in [-0.25, -0.2) is 20.3 Å². The van der Waals surface area contributed by atoms with Crippen LogP contribution in [0.4, 0.5) is 0 Å². The van der Waals surface area contributed by atoms with Crippen molar-refractivity contribution in [1.82, 2.24) is 15.4 Å². The summed E-state index contributed by atoms with van der Waals surface area (Å²) in [5, 5.41) is 0.670. The fraction of sp³-hybridized carbons (Fsp3) is 0.250. The standard InChI is InChI=1S/C20H18BrN3O3/c21-14-10-8-13(9-11-14)19-22-16-6-2-1-5-15(16)18(23-19)20(25)24-27-17-7-3-4-12-26-17/h1-2,5-6,8-11,17H,3-4,7,12H2,(H,24,25). The smallest absolute Gasteiger partial charge is 0.294 e. The van der Waals surface area contributed by atoms with Crippen LogP contribution in [0.1, 0.15) is 29.8 Å². The quantitative estimate of drug-likeness (QED) is 0.630. The van der Waals surface area contributed by atoms with Gasteiger partial charge in [0.05, 0.1) is 5.52 Å². The molecule has 2 heterocycles. The zero-order valence-corrected chi connectivity index (χ0v) is 16.1. The number of nitrogens with one attached hydrogen (secondary N) is 1. The number of hydrogen-bond acceptors (Lipinski definition) is 5. The maximum Gasteiger partial charge on any atom is 0.294 e. The Kier molecular flexibility index (Phi) is 5.42. The predicted octanol–water partition coefficient (Wildman–Crippen LogP) is 4.25. The minimum atomic E-state index is -0.416. The topological polar surface area (TPSA) is 73.3 Å². The van der Waals surface area contributed by atoms with Gasteiger partial charge in [0.15, 0.2) is 12.1 Å². The van der Waals surface area contributed by atoms with E-state index in [0.29, 0.717) is 23.3 Å². The third kappa shape index (κ3) is 4.16. The Hall–Kier alpha value is -2.35. The van der Waals surface area contributed by atoms with Gasteiger partial charge in [0.1, 0.15) is 5.69 Å². The van der Waals surface area contributed by atoms with Gasteiger partial charge >= 0.3 is 0 Å². The molecule has 1 fully saturated rings. The van der Waals surface area contributed by atoms with Crippen LogP contribution in [0.5, 0.6) is 0 Å². The van der Waals surface area contributed by atoms with Crippen molar-refractivity contribution in [3.05, 3.63) is 58.7 Å². The first-order valence-corrected chi connectivity index (χ1v) is 9.60. The lowest BCUT2D eigenvalue weighted by molar-refractivity contribution is -0.186. The minimum Gasteiger partial charge on any atom is -0.350 e. The molecular formula is C20H18BrN3O3.